The van der Waals surface area contributed by atoms with Crippen LogP contribution in [0.4, 0.5) is 10.1 Å². The van der Waals surface area contributed by atoms with Gasteiger partial charge >= 0.3 is 0 Å². The molecule has 0 spiro atoms. The van der Waals surface area contributed by atoms with Crippen molar-refractivity contribution in [3.63, 3.8) is 0 Å². The summed E-state index contributed by atoms with van der Waals surface area (Å²) in [5.74, 6) is -0.0633. The number of carbonyl (C=O) groups is 1. The Morgan fingerprint density at radius 3 is 2.41 bits per heavy atom. The fourth-order valence-corrected chi connectivity index (χ4v) is 4.08. The topological polar surface area (TPSA) is 36.0 Å². The Kier molecular flexibility index (Phi) is 6.42. The van der Waals surface area contributed by atoms with Crippen molar-refractivity contribution in [2.24, 2.45) is 0 Å². The Hall–Kier alpha value is -2.44. The van der Waals surface area contributed by atoms with Crippen LogP contribution in [0, 0.1) is 5.82 Å². The van der Waals surface area contributed by atoms with Crippen molar-refractivity contribution in [3.05, 3.63) is 66.0 Å². The first-order chi connectivity index (χ1) is 14.2. The van der Waals surface area contributed by atoms with Gasteiger partial charge in [0, 0.05) is 51.5 Å². The molecule has 2 fully saturated rings. The molecule has 1 atom stereocenters. The fraction of sp³-hybridized carbons (Fsp3) is 0.435. The molecule has 0 radical (unpaired) electrons. The predicted molar refractivity (Wildman–Crippen MR) is 111 cm³/mol. The van der Waals surface area contributed by atoms with Crippen molar-refractivity contribution in [1.29, 1.82) is 0 Å². The van der Waals surface area contributed by atoms with E-state index in [1.165, 1.54) is 17.7 Å². The van der Waals surface area contributed by atoms with Crippen LogP contribution in [0.5, 0.6) is 0 Å². The van der Waals surface area contributed by atoms with E-state index in [-0.39, 0.29) is 17.8 Å². The molecule has 2 aromatic carbocycles. The van der Waals surface area contributed by atoms with Crippen molar-refractivity contribution >= 4 is 11.6 Å². The number of ether oxygens (including phenoxy) is 1. The maximum absolute atomic E-state index is 13.1. The summed E-state index contributed by atoms with van der Waals surface area (Å²) >= 11 is 0. The van der Waals surface area contributed by atoms with Gasteiger partial charge in [-0.15, -0.1) is 0 Å². The Morgan fingerprint density at radius 2 is 1.69 bits per heavy atom. The van der Waals surface area contributed by atoms with Gasteiger partial charge in [0.2, 0.25) is 5.91 Å². The number of morpholine rings is 1. The lowest BCUT2D eigenvalue weighted by Crippen LogP contribution is -2.50. The third kappa shape index (κ3) is 5.34. The summed E-state index contributed by atoms with van der Waals surface area (Å²) in [6.45, 7) is 6.17. The van der Waals surface area contributed by atoms with E-state index in [1.54, 1.807) is 12.1 Å². The van der Waals surface area contributed by atoms with Crippen molar-refractivity contribution in [2.75, 3.05) is 50.8 Å². The van der Waals surface area contributed by atoms with Crippen molar-refractivity contribution in [3.8, 4) is 0 Å². The molecule has 1 amide bonds. The van der Waals surface area contributed by atoms with E-state index < -0.39 is 0 Å². The van der Waals surface area contributed by atoms with Crippen LogP contribution in [0.3, 0.4) is 0 Å². The number of carbonyl (C=O) groups excluding carboxylic acids is 1. The normalized spacial score (nSPS) is 20.7. The highest BCUT2D eigenvalue weighted by molar-refractivity contribution is 5.77. The van der Waals surface area contributed by atoms with E-state index in [0.717, 1.165) is 38.4 Å². The number of nitrogens with zero attached hydrogens (tertiary/aromatic N) is 3. The second-order valence-electron chi connectivity index (χ2n) is 7.76. The molecule has 0 saturated carbocycles. The highest BCUT2D eigenvalue weighted by Gasteiger charge is 2.27. The van der Waals surface area contributed by atoms with Crippen LogP contribution in [0.1, 0.15) is 12.0 Å². The molecular formula is C23H28FN3O2. The SMILES string of the molecule is O=C(CC1CN(Cc2ccccc2)CCO1)N1CCN(c2ccc(F)cc2)CC1. The molecule has 0 aromatic heterocycles. The zero-order valence-corrected chi connectivity index (χ0v) is 16.7. The first kappa shape index (κ1) is 19.9. The number of hydrogen-bond acceptors (Lipinski definition) is 4. The van der Waals surface area contributed by atoms with E-state index in [0.29, 0.717) is 26.1 Å². The maximum atomic E-state index is 13.1. The lowest BCUT2D eigenvalue weighted by molar-refractivity contribution is -0.136. The maximum Gasteiger partial charge on any atom is 0.225 e. The monoisotopic (exact) mass is 397 g/mol. The number of amides is 1. The summed E-state index contributed by atoms with van der Waals surface area (Å²) in [5.41, 5.74) is 2.29. The zero-order valence-electron chi connectivity index (χ0n) is 16.7. The molecule has 2 saturated heterocycles. The lowest BCUT2D eigenvalue weighted by Gasteiger charge is -2.38. The average molecular weight is 397 g/mol. The Labute approximate surface area is 171 Å². The Balaban J connectivity index is 1.24. The van der Waals surface area contributed by atoms with Gasteiger partial charge in [0.25, 0.3) is 0 Å². The van der Waals surface area contributed by atoms with E-state index in [9.17, 15) is 9.18 Å². The van der Waals surface area contributed by atoms with Gasteiger partial charge in [-0.25, -0.2) is 4.39 Å². The summed E-state index contributed by atoms with van der Waals surface area (Å²) < 4.78 is 19.0. The Morgan fingerprint density at radius 1 is 0.966 bits per heavy atom. The second kappa shape index (κ2) is 9.37. The van der Waals surface area contributed by atoms with Crippen LogP contribution in [-0.4, -0.2) is 67.7 Å². The molecule has 2 heterocycles. The van der Waals surface area contributed by atoms with Crippen LogP contribution < -0.4 is 4.90 Å². The molecular weight excluding hydrogens is 369 g/mol. The first-order valence-electron chi connectivity index (χ1n) is 10.3. The van der Waals surface area contributed by atoms with Gasteiger partial charge in [-0.1, -0.05) is 30.3 Å². The molecule has 5 nitrogen and oxygen atoms in total. The number of halogens is 1. The summed E-state index contributed by atoms with van der Waals surface area (Å²) in [5, 5.41) is 0. The zero-order chi connectivity index (χ0) is 20.1. The summed E-state index contributed by atoms with van der Waals surface area (Å²) in [6.07, 6.45) is 0.386. The first-order valence-corrected chi connectivity index (χ1v) is 10.3. The van der Waals surface area contributed by atoms with Crippen LogP contribution in [0.15, 0.2) is 54.6 Å². The highest BCUT2D eigenvalue weighted by Crippen LogP contribution is 2.18. The number of anilines is 1. The van der Waals surface area contributed by atoms with E-state index in [2.05, 4.69) is 34.1 Å². The third-order valence-electron chi connectivity index (χ3n) is 5.70. The van der Waals surface area contributed by atoms with Crippen molar-refractivity contribution < 1.29 is 13.9 Å². The van der Waals surface area contributed by atoms with Crippen molar-refractivity contribution in [1.82, 2.24) is 9.80 Å². The molecule has 1 unspecified atom stereocenters. The lowest BCUT2D eigenvalue weighted by atomic mass is 10.1. The number of benzene rings is 2. The second-order valence-corrected chi connectivity index (χ2v) is 7.76. The van der Waals surface area contributed by atoms with Gasteiger partial charge in [-0.3, -0.25) is 9.69 Å². The van der Waals surface area contributed by atoms with Crippen LogP contribution >= 0.6 is 0 Å². The quantitative estimate of drug-likeness (QED) is 0.777. The number of rotatable bonds is 5. The number of piperazine rings is 1. The Bertz CT molecular complexity index is 792. The molecule has 2 aromatic rings. The summed E-state index contributed by atoms with van der Waals surface area (Å²) in [4.78, 5) is 19.3. The molecule has 0 bridgehead atoms. The van der Waals surface area contributed by atoms with Crippen molar-refractivity contribution in [2.45, 2.75) is 19.1 Å². The molecule has 6 heteroatoms. The minimum atomic E-state index is -0.226. The molecule has 2 aliphatic rings. The van der Waals surface area contributed by atoms with Crippen LogP contribution in [-0.2, 0) is 16.1 Å². The minimum Gasteiger partial charge on any atom is -0.375 e. The smallest absolute Gasteiger partial charge is 0.225 e. The molecule has 154 valence electrons. The molecule has 29 heavy (non-hydrogen) atoms. The van der Waals surface area contributed by atoms with Gasteiger partial charge in [-0.2, -0.15) is 0 Å². The molecule has 4 rings (SSSR count). The average Bonchev–Trinajstić information content (AvgIpc) is 2.75. The van der Waals surface area contributed by atoms with E-state index >= 15 is 0 Å². The van der Waals surface area contributed by atoms with Gasteiger partial charge < -0.3 is 14.5 Å². The van der Waals surface area contributed by atoms with Crippen LogP contribution in [0.25, 0.3) is 0 Å². The highest BCUT2D eigenvalue weighted by atomic mass is 19.1. The summed E-state index contributed by atoms with van der Waals surface area (Å²) in [6, 6.07) is 17.0. The van der Waals surface area contributed by atoms with E-state index in [4.69, 9.17) is 4.74 Å². The van der Waals surface area contributed by atoms with Gasteiger partial charge in [-0.05, 0) is 29.8 Å². The van der Waals surface area contributed by atoms with Crippen LogP contribution in [0.2, 0.25) is 0 Å². The predicted octanol–water partition coefficient (Wildman–Crippen LogP) is 2.77. The molecule has 0 N–H and O–H groups in total. The van der Waals surface area contributed by atoms with E-state index in [1.807, 2.05) is 11.0 Å². The molecule has 2 aliphatic heterocycles. The van der Waals surface area contributed by atoms with Gasteiger partial charge in [0.15, 0.2) is 0 Å². The fourth-order valence-electron chi connectivity index (χ4n) is 4.08. The third-order valence-corrected chi connectivity index (χ3v) is 5.70. The largest absolute Gasteiger partial charge is 0.375 e. The van der Waals surface area contributed by atoms with Gasteiger partial charge in [0.1, 0.15) is 5.82 Å². The minimum absolute atomic E-state index is 0.0462. The molecule has 0 aliphatic carbocycles. The standard InChI is InChI=1S/C23H28FN3O2/c24-20-6-8-21(9-7-20)26-10-12-27(13-11-26)23(28)16-22-18-25(14-15-29-22)17-19-4-2-1-3-5-19/h1-9,22H,10-18H2. The number of hydrogen-bond donors (Lipinski definition) is 0. The summed E-state index contributed by atoms with van der Waals surface area (Å²) in [7, 11) is 0. The van der Waals surface area contributed by atoms with Gasteiger partial charge in [0.05, 0.1) is 19.1 Å².